The zero-order chi connectivity index (χ0) is 14.4. The van der Waals surface area contributed by atoms with Gasteiger partial charge in [-0.05, 0) is 29.3 Å². The van der Waals surface area contributed by atoms with Crippen molar-refractivity contribution >= 4 is 27.6 Å². The summed E-state index contributed by atoms with van der Waals surface area (Å²) in [5.74, 6) is 1.53. The van der Waals surface area contributed by atoms with Gasteiger partial charge in [-0.1, -0.05) is 6.92 Å². The van der Waals surface area contributed by atoms with E-state index in [4.69, 9.17) is 0 Å². The van der Waals surface area contributed by atoms with Crippen LogP contribution < -0.4 is 10.6 Å². The molecule has 6 nitrogen and oxygen atoms in total. The predicted octanol–water partition coefficient (Wildman–Crippen LogP) is 2.77. The molecule has 20 heavy (non-hydrogen) atoms. The van der Waals surface area contributed by atoms with Crippen molar-refractivity contribution in [3.8, 4) is 0 Å². The average Bonchev–Trinajstić information content (AvgIpc) is 2.47. The van der Waals surface area contributed by atoms with Crippen molar-refractivity contribution in [1.82, 2.24) is 19.9 Å². The number of hydrogen-bond donors (Lipinski definition) is 2. The van der Waals surface area contributed by atoms with Crippen LogP contribution in [0.25, 0.3) is 0 Å². The number of halogens is 1. The van der Waals surface area contributed by atoms with Crippen LogP contribution in [0.4, 0.5) is 11.6 Å². The summed E-state index contributed by atoms with van der Waals surface area (Å²) in [6.45, 7) is 5.46. The van der Waals surface area contributed by atoms with Crippen LogP contribution in [0.15, 0.2) is 23.2 Å². The highest BCUT2D eigenvalue weighted by Gasteiger charge is 2.08. The molecule has 0 radical (unpaired) electrons. The first-order valence-corrected chi connectivity index (χ1v) is 7.25. The van der Waals surface area contributed by atoms with Crippen LogP contribution in [0.2, 0.25) is 0 Å². The Balaban J connectivity index is 2.03. The lowest BCUT2D eigenvalue weighted by Gasteiger charge is -2.11. The van der Waals surface area contributed by atoms with Crippen molar-refractivity contribution in [3.63, 3.8) is 0 Å². The summed E-state index contributed by atoms with van der Waals surface area (Å²) in [7, 11) is 0. The van der Waals surface area contributed by atoms with Gasteiger partial charge in [0.15, 0.2) is 0 Å². The SMILES string of the molecule is CCCNc1ncnc(NCc2cnc(C)cn2)c1Br. The van der Waals surface area contributed by atoms with Crippen molar-refractivity contribution in [2.24, 2.45) is 0 Å². The molecule has 2 rings (SSSR count). The monoisotopic (exact) mass is 336 g/mol. The summed E-state index contributed by atoms with van der Waals surface area (Å²) in [6, 6.07) is 0. The molecule has 7 heteroatoms. The molecule has 0 unspecified atom stereocenters. The Bertz CT molecular complexity index is 557. The van der Waals surface area contributed by atoms with Crippen LogP contribution in [0.5, 0.6) is 0 Å². The van der Waals surface area contributed by atoms with E-state index in [1.54, 1.807) is 12.4 Å². The van der Waals surface area contributed by atoms with Crippen LogP contribution in [0.1, 0.15) is 24.7 Å². The molecule has 2 heterocycles. The second-order valence-corrected chi connectivity index (χ2v) is 5.11. The van der Waals surface area contributed by atoms with Crippen molar-refractivity contribution < 1.29 is 0 Å². The van der Waals surface area contributed by atoms with Gasteiger partial charge in [-0.25, -0.2) is 9.97 Å². The minimum atomic E-state index is 0.566. The van der Waals surface area contributed by atoms with E-state index in [1.165, 1.54) is 6.33 Å². The van der Waals surface area contributed by atoms with Gasteiger partial charge in [0.25, 0.3) is 0 Å². The molecule has 2 aromatic rings. The first-order valence-electron chi connectivity index (χ1n) is 6.46. The van der Waals surface area contributed by atoms with Gasteiger partial charge < -0.3 is 10.6 Å². The lowest BCUT2D eigenvalue weighted by molar-refractivity contribution is 0.952. The second kappa shape index (κ2) is 7.14. The fourth-order valence-electron chi connectivity index (χ4n) is 1.54. The number of hydrogen-bond acceptors (Lipinski definition) is 6. The van der Waals surface area contributed by atoms with Gasteiger partial charge in [-0.3, -0.25) is 9.97 Å². The van der Waals surface area contributed by atoms with Gasteiger partial charge >= 0.3 is 0 Å². The standard InChI is InChI=1S/C13H17BrN6/c1-3-4-15-12-11(14)13(20-8-19-12)18-7-10-6-16-9(2)5-17-10/h5-6,8H,3-4,7H2,1-2H3,(H2,15,18,19,20). The van der Waals surface area contributed by atoms with E-state index in [2.05, 4.69) is 53.4 Å². The lowest BCUT2D eigenvalue weighted by atomic mass is 10.4. The molecule has 0 aliphatic carbocycles. The molecule has 0 bridgehead atoms. The minimum absolute atomic E-state index is 0.566. The van der Waals surface area contributed by atoms with Crippen molar-refractivity contribution in [2.45, 2.75) is 26.8 Å². The molecule has 106 valence electrons. The molecule has 0 aliphatic rings. The molecular formula is C13H17BrN6. The third kappa shape index (κ3) is 3.86. The fourth-order valence-corrected chi connectivity index (χ4v) is 2.03. The first-order chi connectivity index (χ1) is 9.70. The van der Waals surface area contributed by atoms with Crippen molar-refractivity contribution in [3.05, 3.63) is 34.6 Å². The smallest absolute Gasteiger partial charge is 0.146 e. The van der Waals surface area contributed by atoms with E-state index in [1.807, 2.05) is 6.92 Å². The Morgan fingerprint density at radius 3 is 2.45 bits per heavy atom. The third-order valence-electron chi connectivity index (χ3n) is 2.60. The number of aryl methyl sites for hydroxylation is 1. The Morgan fingerprint density at radius 2 is 1.80 bits per heavy atom. The third-order valence-corrected chi connectivity index (χ3v) is 3.35. The summed E-state index contributed by atoms with van der Waals surface area (Å²) in [4.78, 5) is 16.9. The number of anilines is 2. The summed E-state index contributed by atoms with van der Waals surface area (Å²) >= 11 is 3.51. The van der Waals surface area contributed by atoms with E-state index < -0.39 is 0 Å². The molecule has 2 aromatic heterocycles. The number of nitrogens with zero attached hydrogens (tertiary/aromatic N) is 4. The topological polar surface area (TPSA) is 75.6 Å². The molecule has 0 fully saturated rings. The average molecular weight is 337 g/mol. The van der Waals surface area contributed by atoms with Gasteiger partial charge in [-0.15, -0.1) is 0 Å². The maximum Gasteiger partial charge on any atom is 0.146 e. The van der Waals surface area contributed by atoms with Gasteiger partial charge in [0.2, 0.25) is 0 Å². The van der Waals surface area contributed by atoms with E-state index >= 15 is 0 Å². The Morgan fingerprint density at radius 1 is 1.05 bits per heavy atom. The first kappa shape index (κ1) is 14.6. The summed E-state index contributed by atoms with van der Waals surface area (Å²) in [6.07, 6.45) is 6.08. The molecule has 0 aromatic carbocycles. The van der Waals surface area contributed by atoms with Crippen LogP contribution in [-0.2, 0) is 6.54 Å². The maximum atomic E-state index is 4.30. The van der Waals surface area contributed by atoms with E-state index in [9.17, 15) is 0 Å². The Labute approximate surface area is 126 Å². The highest BCUT2D eigenvalue weighted by molar-refractivity contribution is 9.10. The van der Waals surface area contributed by atoms with Crippen LogP contribution in [0, 0.1) is 6.92 Å². The lowest BCUT2D eigenvalue weighted by Crippen LogP contribution is -2.08. The quantitative estimate of drug-likeness (QED) is 0.844. The molecule has 0 aliphatic heterocycles. The largest absolute Gasteiger partial charge is 0.369 e. The number of nitrogens with one attached hydrogen (secondary N) is 2. The predicted molar refractivity (Wildman–Crippen MR) is 82.6 cm³/mol. The van der Waals surface area contributed by atoms with Gasteiger partial charge in [0.1, 0.15) is 22.4 Å². The summed E-state index contributed by atoms with van der Waals surface area (Å²) in [5.41, 5.74) is 1.77. The van der Waals surface area contributed by atoms with E-state index in [0.717, 1.165) is 40.5 Å². The zero-order valence-corrected chi connectivity index (χ0v) is 13.1. The van der Waals surface area contributed by atoms with Crippen LogP contribution in [0.3, 0.4) is 0 Å². The molecule has 0 spiro atoms. The zero-order valence-electron chi connectivity index (χ0n) is 11.5. The Hall–Kier alpha value is -1.76. The summed E-state index contributed by atoms with van der Waals surface area (Å²) < 4.78 is 0.827. The van der Waals surface area contributed by atoms with Crippen molar-refractivity contribution in [2.75, 3.05) is 17.2 Å². The highest BCUT2D eigenvalue weighted by Crippen LogP contribution is 2.26. The molecule has 0 amide bonds. The van der Waals surface area contributed by atoms with Gasteiger partial charge in [0, 0.05) is 12.7 Å². The highest BCUT2D eigenvalue weighted by atomic mass is 79.9. The Kier molecular flexibility index (Phi) is 5.23. The number of rotatable bonds is 6. The molecule has 0 atom stereocenters. The molecule has 0 saturated carbocycles. The van der Waals surface area contributed by atoms with Gasteiger partial charge in [-0.2, -0.15) is 0 Å². The minimum Gasteiger partial charge on any atom is -0.369 e. The molecular weight excluding hydrogens is 320 g/mol. The van der Waals surface area contributed by atoms with E-state index in [0.29, 0.717) is 6.54 Å². The fraction of sp³-hybridized carbons (Fsp3) is 0.385. The van der Waals surface area contributed by atoms with Crippen molar-refractivity contribution in [1.29, 1.82) is 0 Å². The van der Waals surface area contributed by atoms with Crippen LogP contribution in [-0.4, -0.2) is 26.5 Å². The van der Waals surface area contributed by atoms with Crippen LogP contribution >= 0.6 is 15.9 Å². The second-order valence-electron chi connectivity index (χ2n) is 4.31. The summed E-state index contributed by atoms with van der Waals surface area (Å²) in [5, 5.41) is 6.47. The molecule has 2 N–H and O–H groups in total. The van der Waals surface area contributed by atoms with Gasteiger partial charge in [0.05, 0.1) is 24.1 Å². The maximum absolute atomic E-state index is 4.30. The normalized spacial score (nSPS) is 10.3. The number of aromatic nitrogens is 4. The molecule has 0 saturated heterocycles. The van der Waals surface area contributed by atoms with E-state index in [-0.39, 0.29) is 0 Å².